The lowest BCUT2D eigenvalue weighted by atomic mass is 10.1. The Kier molecular flexibility index (Phi) is 4.04. The van der Waals surface area contributed by atoms with Crippen LogP contribution in [0.4, 0.5) is 19.1 Å². The van der Waals surface area contributed by atoms with Gasteiger partial charge < -0.3 is 19.7 Å². The van der Waals surface area contributed by atoms with Crippen LogP contribution in [-0.4, -0.2) is 45.0 Å². The molecule has 0 bridgehead atoms. The predicted molar refractivity (Wildman–Crippen MR) is 94.7 cm³/mol. The van der Waals surface area contributed by atoms with Crippen LogP contribution in [0.3, 0.4) is 0 Å². The van der Waals surface area contributed by atoms with Crippen molar-refractivity contribution in [2.45, 2.75) is 43.9 Å². The number of alkyl halides is 1. The standard InChI is InChI=1S/C18H19F3N6O/c19-10-3-4-26(7-13(10)22)18-23-14-5-11(20)12(21)6-15(14)27(18)8-16-24-17(28-25-16)9-1-2-9/h5-6,9-10,13H,1-4,7-8,22H2. The van der Waals surface area contributed by atoms with Gasteiger partial charge in [-0.05, 0) is 19.3 Å². The number of rotatable bonds is 4. The van der Waals surface area contributed by atoms with Crippen molar-refractivity contribution in [1.82, 2.24) is 19.7 Å². The minimum Gasteiger partial charge on any atom is -0.340 e. The van der Waals surface area contributed by atoms with E-state index >= 15 is 0 Å². The molecule has 5 rings (SSSR count). The molecule has 2 aliphatic rings. The zero-order valence-corrected chi connectivity index (χ0v) is 15.0. The highest BCUT2D eigenvalue weighted by Crippen LogP contribution is 2.39. The smallest absolute Gasteiger partial charge is 0.229 e. The number of halogens is 3. The summed E-state index contributed by atoms with van der Waals surface area (Å²) in [5.41, 5.74) is 6.59. The lowest BCUT2D eigenvalue weighted by Crippen LogP contribution is -2.50. The molecule has 148 valence electrons. The summed E-state index contributed by atoms with van der Waals surface area (Å²) in [6.45, 7) is 0.843. The van der Waals surface area contributed by atoms with Gasteiger partial charge in [0.25, 0.3) is 0 Å². The number of hydrogen-bond acceptors (Lipinski definition) is 6. The average Bonchev–Trinajstić information content (AvgIpc) is 3.33. The second kappa shape index (κ2) is 6.47. The summed E-state index contributed by atoms with van der Waals surface area (Å²) < 4.78 is 48.4. The molecule has 1 saturated heterocycles. The van der Waals surface area contributed by atoms with Gasteiger partial charge in [-0.1, -0.05) is 5.16 Å². The van der Waals surface area contributed by atoms with Gasteiger partial charge in [0.1, 0.15) is 6.17 Å². The maximum atomic E-state index is 13.9. The summed E-state index contributed by atoms with van der Waals surface area (Å²) in [4.78, 5) is 10.7. The molecule has 1 aliphatic heterocycles. The van der Waals surface area contributed by atoms with Crippen LogP contribution in [0.1, 0.15) is 36.9 Å². The van der Waals surface area contributed by atoms with E-state index in [-0.39, 0.29) is 19.5 Å². The van der Waals surface area contributed by atoms with Gasteiger partial charge in [-0.2, -0.15) is 4.98 Å². The normalized spacial score (nSPS) is 22.9. The van der Waals surface area contributed by atoms with Crippen molar-refractivity contribution in [3.8, 4) is 0 Å². The Labute approximate surface area is 158 Å². The Morgan fingerprint density at radius 1 is 1.14 bits per heavy atom. The van der Waals surface area contributed by atoms with Crippen molar-refractivity contribution < 1.29 is 17.7 Å². The minimum absolute atomic E-state index is 0.178. The molecule has 10 heteroatoms. The molecule has 3 heterocycles. The summed E-state index contributed by atoms with van der Waals surface area (Å²) in [6.07, 6.45) is 1.24. The second-order valence-electron chi connectivity index (χ2n) is 7.49. The highest BCUT2D eigenvalue weighted by atomic mass is 19.2. The first-order valence-electron chi connectivity index (χ1n) is 9.32. The maximum Gasteiger partial charge on any atom is 0.229 e. The fraction of sp³-hybridized carbons (Fsp3) is 0.500. The molecule has 2 aromatic heterocycles. The van der Waals surface area contributed by atoms with E-state index in [4.69, 9.17) is 10.3 Å². The third-order valence-corrected chi connectivity index (χ3v) is 5.33. The van der Waals surface area contributed by atoms with Crippen molar-refractivity contribution in [3.63, 3.8) is 0 Å². The fourth-order valence-corrected chi connectivity index (χ4v) is 3.61. The number of fused-ring (bicyclic) bond motifs is 1. The molecule has 1 aromatic carbocycles. The van der Waals surface area contributed by atoms with Crippen molar-refractivity contribution in [2.24, 2.45) is 5.73 Å². The van der Waals surface area contributed by atoms with Crippen LogP contribution in [0.25, 0.3) is 11.0 Å². The van der Waals surface area contributed by atoms with Crippen LogP contribution < -0.4 is 10.6 Å². The number of piperidine rings is 1. The molecule has 1 saturated carbocycles. The molecule has 28 heavy (non-hydrogen) atoms. The van der Waals surface area contributed by atoms with Crippen LogP contribution in [0.2, 0.25) is 0 Å². The molecule has 0 radical (unpaired) electrons. The molecular formula is C18H19F3N6O. The molecule has 2 atom stereocenters. The summed E-state index contributed by atoms with van der Waals surface area (Å²) >= 11 is 0. The van der Waals surface area contributed by atoms with E-state index in [1.54, 1.807) is 4.57 Å². The Balaban J connectivity index is 1.56. The fourth-order valence-electron chi connectivity index (χ4n) is 3.61. The van der Waals surface area contributed by atoms with Crippen molar-refractivity contribution in [1.29, 1.82) is 0 Å². The summed E-state index contributed by atoms with van der Waals surface area (Å²) in [5.74, 6) is -0.145. The molecule has 7 nitrogen and oxygen atoms in total. The van der Waals surface area contributed by atoms with Crippen LogP contribution in [0.15, 0.2) is 16.7 Å². The van der Waals surface area contributed by atoms with E-state index < -0.39 is 23.8 Å². The number of nitrogens with zero attached hydrogens (tertiary/aromatic N) is 5. The first-order chi connectivity index (χ1) is 13.5. The summed E-state index contributed by atoms with van der Waals surface area (Å²) in [6, 6.07) is 1.51. The molecule has 3 aromatic rings. The highest BCUT2D eigenvalue weighted by Gasteiger charge is 2.31. The summed E-state index contributed by atoms with van der Waals surface area (Å²) in [5, 5.41) is 4.01. The number of aromatic nitrogens is 4. The number of hydrogen-bond donors (Lipinski definition) is 1. The topological polar surface area (TPSA) is 86.0 Å². The van der Waals surface area contributed by atoms with E-state index in [0.29, 0.717) is 41.2 Å². The molecule has 2 unspecified atom stereocenters. The highest BCUT2D eigenvalue weighted by molar-refractivity contribution is 5.79. The zero-order valence-electron chi connectivity index (χ0n) is 15.0. The molecule has 1 aliphatic carbocycles. The van der Waals surface area contributed by atoms with E-state index in [1.807, 2.05) is 4.90 Å². The molecule has 0 spiro atoms. The van der Waals surface area contributed by atoms with Gasteiger partial charge in [0.2, 0.25) is 11.8 Å². The van der Waals surface area contributed by atoms with Crippen molar-refractivity contribution >= 4 is 17.0 Å². The zero-order chi connectivity index (χ0) is 19.4. The summed E-state index contributed by atoms with van der Waals surface area (Å²) in [7, 11) is 0. The van der Waals surface area contributed by atoms with Crippen molar-refractivity contribution in [3.05, 3.63) is 35.5 Å². The lowest BCUT2D eigenvalue weighted by Gasteiger charge is -2.33. The van der Waals surface area contributed by atoms with Gasteiger partial charge in [-0.25, -0.2) is 18.2 Å². The van der Waals surface area contributed by atoms with Gasteiger partial charge in [0.05, 0.1) is 23.6 Å². The number of benzene rings is 1. The van der Waals surface area contributed by atoms with Crippen LogP contribution in [0, 0.1) is 11.6 Å². The third kappa shape index (κ3) is 3.01. The van der Waals surface area contributed by atoms with Gasteiger partial charge in [0, 0.05) is 31.1 Å². The van der Waals surface area contributed by atoms with Crippen LogP contribution in [-0.2, 0) is 6.54 Å². The molecule has 2 N–H and O–H groups in total. The Hall–Kier alpha value is -2.62. The monoisotopic (exact) mass is 392 g/mol. The first-order valence-corrected chi connectivity index (χ1v) is 9.32. The predicted octanol–water partition coefficient (Wildman–Crippen LogP) is 2.50. The SMILES string of the molecule is NC1CN(c2nc3cc(F)c(F)cc3n2Cc2noc(C3CC3)n2)CCC1F. The van der Waals surface area contributed by atoms with E-state index in [1.165, 1.54) is 0 Å². The largest absolute Gasteiger partial charge is 0.340 e. The van der Waals surface area contributed by atoms with Gasteiger partial charge in [-0.15, -0.1) is 0 Å². The Morgan fingerprint density at radius 2 is 1.93 bits per heavy atom. The van der Waals surface area contributed by atoms with E-state index in [2.05, 4.69) is 15.1 Å². The number of anilines is 1. The van der Waals surface area contributed by atoms with Crippen LogP contribution >= 0.6 is 0 Å². The Morgan fingerprint density at radius 3 is 2.68 bits per heavy atom. The number of nitrogens with two attached hydrogens (primary N) is 1. The maximum absolute atomic E-state index is 13.9. The van der Waals surface area contributed by atoms with Crippen molar-refractivity contribution in [2.75, 3.05) is 18.0 Å². The van der Waals surface area contributed by atoms with E-state index in [0.717, 1.165) is 25.0 Å². The molecule has 2 fully saturated rings. The second-order valence-corrected chi connectivity index (χ2v) is 7.49. The van der Waals surface area contributed by atoms with Gasteiger partial charge in [-0.3, -0.25) is 0 Å². The van der Waals surface area contributed by atoms with E-state index in [9.17, 15) is 13.2 Å². The first kappa shape index (κ1) is 17.5. The Bertz CT molecular complexity index is 1030. The molecule has 0 amide bonds. The van der Waals surface area contributed by atoms with Crippen LogP contribution in [0.5, 0.6) is 0 Å². The minimum atomic E-state index is -1.08. The van der Waals surface area contributed by atoms with Gasteiger partial charge in [0.15, 0.2) is 17.5 Å². The lowest BCUT2D eigenvalue weighted by molar-refractivity contribution is 0.243. The third-order valence-electron chi connectivity index (χ3n) is 5.33. The van der Waals surface area contributed by atoms with Gasteiger partial charge >= 0.3 is 0 Å². The average molecular weight is 392 g/mol. The molecular weight excluding hydrogens is 373 g/mol. The number of imidazole rings is 1. The quantitative estimate of drug-likeness (QED) is 0.734.